The molecule has 0 aromatic heterocycles. The van der Waals surface area contributed by atoms with Gasteiger partial charge in [0, 0.05) is 6.54 Å². The number of rotatable bonds is 1. The van der Waals surface area contributed by atoms with Gasteiger partial charge in [-0.3, -0.25) is 4.79 Å². The molecule has 1 amide bonds. The number of aliphatic hydroxyl groups excluding tert-OH is 1. The SMILES string of the molecule is N#CCN1CC(O)CC1=O. The lowest BCUT2D eigenvalue weighted by atomic mass is 10.3. The van der Waals surface area contributed by atoms with Gasteiger partial charge in [-0.1, -0.05) is 0 Å². The Morgan fingerprint density at radius 1 is 1.90 bits per heavy atom. The minimum Gasteiger partial charge on any atom is -0.391 e. The first kappa shape index (κ1) is 7.03. The predicted octanol–water partition coefficient (Wildman–Crippen LogP) is -0.897. The highest BCUT2D eigenvalue weighted by molar-refractivity contribution is 5.79. The highest BCUT2D eigenvalue weighted by Gasteiger charge is 2.26. The summed E-state index contributed by atoms with van der Waals surface area (Å²) >= 11 is 0. The number of β-amino-alcohol motifs (C(OH)–C–C–N with tert-alkyl or cyclic N) is 1. The molecule has 1 heterocycles. The van der Waals surface area contributed by atoms with Gasteiger partial charge in [-0.05, 0) is 0 Å². The number of nitrogens with zero attached hydrogens (tertiary/aromatic N) is 2. The van der Waals surface area contributed by atoms with E-state index in [1.54, 1.807) is 0 Å². The average molecular weight is 140 g/mol. The van der Waals surface area contributed by atoms with E-state index in [1.165, 1.54) is 4.90 Å². The lowest BCUT2D eigenvalue weighted by Crippen LogP contribution is -2.25. The summed E-state index contributed by atoms with van der Waals surface area (Å²) in [6.45, 7) is 0.405. The molecule has 54 valence electrons. The molecule has 1 aliphatic rings. The Kier molecular flexibility index (Phi) is 1.88. The van der Waals surface area contributed by atoms with E-state index in [2.05, 4.69) is 0 Å². The molecule has 1 saturated heterocycles. The minimum absolute atomic E-state index is 0.0931. The Balaban J connectivity index is 2.48. The van der Waals surface area contributed by atoms with Gasteiger partial charge >= 0.3 is 0 Å². The number of likely N-dealkylation sites (tertiary alicyclic amines) is 1. The van der Waals surface area contributed by atoms with Crippen molar-refractivity contribution in [1.82, 2.24) is 4.90 Å². The van der Waals surface area contributed by atoms with E-state index in [0.29, 0.717) is 6.54 Å². The molecule has 0 bridgehead atoms. The van der Waals surface area contributed by atoms with Crippen LogP contribution in [0.25, 0.3) is 0 Å². The Labute approximate surface area is 58.7 Å². The molecule has 4 nitrogen and oxygen atoms in total. The standard InChI is InChI=1S/C6H8N2O2/c7-1-2-8-4-5(9)3-6(8)10/h5,9H,2-4H2. The summed E-state index contributed by atoms with van der Waals surface area (Å²) in [5.74, 6) is -0.131. The van der Waals surface area contributed by atoms with E-state index in [-0.39, 0.29) is 18.9 Å². The predicted molar refractivity (Wildman–Crippen MR) is 32.8 cm³/mol. The second-order valence-electron chi connectivity index (χ2n) is 2.29. The second kappa shape index (κ2) is 2.67. The van der Waals surface area contributed by atoms with Crippen molar-refractivity contribution in [1.29, 1.82) is 5.26 Å². The molecule has 1 fully saturated rings. The van der Waals surface area contributed by atoms with Crippen LogP contribution in [0.1, 0.15) is 6.42 Å². The van der Waals surface area contributed by atoms with Crippen LogP contribution in [0.3, 0.4) is 0 Å². The topological polar surface area (TPSA) is 64.3 Å². The van der Waals surface area contributed by atoms with Gasteiger partial charge in [0.1, 0.15) is 6.54 Å². The zero-order valence-electron chi connectivity index (χ0n) is 5.45. The van der Waals surface area contributed by atoms with E-state index in [9.17, 15) is 4.79 Å². The number of carbonyl (C=O) groups is 1. The molecule has 0 saturated carbocycles. The Morgan fingerprint density at radius 2 is 2.60 bits per heavy atom. The third-order valence-corrected chi connectivity index (χ3v) is 1.46. The van der Waals surface area contributed by atoms with Crippen molar-refractivity contribution >= 4 is 5.91 Å². The molecule has 10 heavy (non-hydrogen) atoms. The molecule has 1 rings (SSSR count). The van der Waals surface area contributed by atoms with Crippen molar-refractivity contribution in [2.45, 2.75) is 12.5 Å². The maximum Gasteiger partial charge on any atom is 0.226 e. The summed E-state index contributed by atoms with van der Waals surface area (Å²) < 4.78 is 0. The van der Waals surface area contributed by atoms with E-state index in [4.69, 9.17) is 10.4 Å². The first-order valence-electron chi connectivity index (χ1n) is 3.07. The fourth-order valence-electron chi connectivity index (χ4n) is 0.990. The molecule has 0 aliphatic carbocycles. The maximum absolute atomic E-state index is 10.8. The molecule has 0 aromatic rings. The summed E-state index contributed by atoms with van der Waals surface area (Å²) in [5, 5.41) is 17.1. The normalized spacial score (nSPS) is 25.0. The lowest BCUT2D eigenvalue weighted by Gasteiger charge is -2.08. The van der Waals surface area contributed by atoms with E-state index in [1.807, 2.05) is 6.07 Å². The van der Waals surface area contributed by atoms with E-state index >= 15 is 0 Å². The maximum atomic E-state index is 10.8. The number of hydrogen-bond acceptors (Lipinski definition) is 3. The third kappa shape index (κ3) is 1.25. The third-order valence-electron chi connectivity index (χ3n) is 1.46. The molecule has 0 aromatic carbocycles. The molecule has 4 heteroatoms. The smallest absolute Gasteiger partial charge is 0.226 e. The average Bonchev–Trinajstić information content (AvgIpc) is 2.13. The summed E-state index contributed by atoms with van der Waals surface area (Å²) in [7, 11) is 0. The van der Waals surface area contributed by atoms with Crippen molar-refractivity contribution in [3.05, 3.63) is 0 Å². The Hall–Kier alpha value is -1.08. The minimum atomic E-state index is -0.569. The second-order valence-corrected chi connectivity index (χ2v) is 2.29. The zero-order valence-corrected chi connectivity index (χ0v) is 5.45. The van der Waals surface area contributed by atoms with E-state index < -0.39 is 6.10 Å². The quantitative estimate of drug-likeness (QED) is 0.480. The van der Waals surface area contributed by atoms with Gasteiger partial charge in [-0.25, -0.2) is 0 Å². The highest BCUT2D eigenvalue weighted by atomic mass is 16.3. The van der Waals surface area contributed by atoms with Crippen molar-refractivity contribution in [2.75, 3.05) is 13.1 Å². The van der Waals surface area contributed by atoms with Crippen molar-refractivity contribution in [3.8, 4) is 6.07 Å². The van der Waals surface area contributed by atoms with Crippen molar-refractivity contribution < 1.29 is 9.90 Å². The van der Waals surface area contributed by atoms with Gasteiger partial charge in [-0.15, -0.1) is 0 Å². The lowest BCUT2D eigenvalue weighted by molar-refractivity contribution is -0.127. The highest BCUT2D eigenvalue weighted by Crippen LogP contribution is 2.08. The number of nitriles is 1. The summed E-state index contributed by atoms with van der Waals surface area (Å²) in [5.41, 5.74) is 0. The number of aliphatic hydroxyl groups is 1. The number of hydrogen-bond donors (Lipinski definition) is 1. The van der Waals surface area contributed by atoms with Crippen LogP contribution in [0.2, 0.25) is 0 Å². The van der Waals surface area contributed by atoms with Crippen molar-refractivity contribution in [3.63, 3.8) is 0 Å². The van der Waals surface area contributed by atoms with Crippen molar-refractivity contribution in [2.24, 2.45) is 0 Å². The van der Waals surface area contributed by atoms with Gasteiger partial charge in [0.25, 0.3) is 0 Å². The molecular weight excluding hydrogens is 132 g/mol. The van der Waals surface area contributed by atoms with Gasteiger partial charge in [0.15, 0.2) is 0 Å². The fourth-order valence-corrected chi connectivity index (χ4v) is 0.990. The summed E-state index contributed by atoms with van der Waals surface area (Å²) in [6.07, 6.45) is -0.400. The van der Waals surface area contributed by atoms with Gasteiger partial charge in [0.2, 0.25) is 5.91 Å². The first-order valence-corrected chi connectivity index (χ1v) is 3.07. The van der Waals surface area contributed by atoms with Crippen LogP contribution in [-0.2, 0) is 4.79 Å². The molecule has 1 aliphatic heterocycles. The first-order chi connectivity index (χ1) is 4.74. The molecule has 0 radical (unpaired) electrons. The number of amides is 1. The van der Waals surface area contributed by atoms with Crippen LogP contribution in [0, 0.1) is 11.3 Å². The largest absolute Gasteiger partial charge is 0.391 e. The summed E-state index contributed by atoms with van der Waals surface area (Å²) in [4.78, 5) is 12.1. The van der Waals surface area contributed by atoms with Crippen LogP contribution in [-0.4, -0.2) is 35.1 Å². The monoisotopic (exact) mass is 140 g/mol. The Morgan fingerprint density at radius 3 is 3.00 bits per heavy atom. The molecule has 0 spiro atoms. The molecular formula is C6H8N2O2. The summed E-state index contributed by atoms with van der Waals surface area (Å²) in [6, 6.07) is 1.85. The molecule has 1 unspecified atom stereocenters. The van der Waals surface area contributed by atoms with Gasteiger partial charge in [-0.2, -0.15) is 5.26 Å². The zero-order chi connectivity index (χ0) is 7.56. The molecule has 1 N–H and O–H groups in total. The number of carbonyl (C=O) groups excluding carboxylic acids is 1. The Bertz CT molecular complexity index is 185. The van der Waals surface area contributed by atoms with Crippen LogP contribution < -0.4 is 0 Å². The fraction of sp³-hybridized carbons (Fsp3) is 0.667. The van der Waals surface area contributed by atoms with Gasteiger partial charge in [0.05, 0.1) is 18.6 Å². The van der Waals surface area contributed by atoms with Crippen LogP contribution in [0.4, 0.5) is 0 Å². The van der Waals surface area contributed by atoms with E-state index in [0.717, 1.165) is 0 Å². The van der Waals surface area contributed by atoms with Gasteiger partial charge < -0.3 is 10.0 Å². The van der Waals surface area contributed by atoms with Crippen LogP contribution >= 0.6 is 0 Å². The van der Waals surface area contributed by atoms with Crippen LogP contribution in [0.15, 0.2) is 0 Å². The van der Waals surface area contributed by atoms with Crippen LogP contribution in [0.5, 0.6) is 0 Å². The molecule has 1 atom stereocenters.